The number of aromatic nitrogens is 5. The molecule has 0 aliphatic heterocycles. The van der Waals surface area contributed by atoms with Crippen LogP contribution in [-0.2, 0) is 31.4 Å². The molecule has 1 atom stereocenters. The van der Waals surface area contributed by atoms with E-state index in [1.807, 2.05) is 0 Å². The van der Waals surface area contributed by atoms with Crippen molar-refractivity contribution in [3.05, 3.63) is 22.6 Å². The Morgan fingerprint density at radius 1 is 1.24 bits per heavy atom. The molecular formula is C14H13BrF3N5OS. The van der Waals surface area contributed by atoms with Gasteiger partial charge in [-0.1, -0.05) is 0 Å². The number of rotatable bonds is 3. The van der Waals surface area contributed by atoms with Crippen LogP contribution in [0.3, 0.4) is 0 Å². The summed E-state index contributed by atoms with van der Waals surface area (Å²) in [6.45, 7) is 1.77. The molecule has 134 valence electrons. The lowest BCUT2D eigenvalue weighted by Crippen LogP contribution is -2.11. The molecular weight excluding hydrogens is 423 g/mol. The molecule has 6 nitrogen and oxygen atoms in total. The highest BCUT2D eigenvalue weighted by Crippen LogP contribution is 2.33. The van der Waals surface area contributed by atoms with Crippen LogP contribution in [-0.4, -0.2) is 34.4 Å². The van der Waals surface area contributed by atoms with Gasteiger partial charge >= 0.3 is 6.18 Å². The molecule has 0 saturated heterocycles. The standard InChI is InChI=1S/C14H13BrF3N5OS/c1-4-25(24)12-9(21-13(15)23(12)3)11-20-8-5-7(14(16,17)18)6-19-10(8)22(11)2/h5-6H,4H2,1-3H3. The first-order chi connectivity index (χ1) is 11.6. The van der Waals surface area contributed by atoms with Gasteiger partial charge in [-0.3, -0.25) is 4.57 Å². The van der Waals surface area contributed by atoms with Crippen LogP contribution in [0, 0.1) is 0 Å². The number of hydrogen-bond donors (Lipinski definition) is 0. The van der Waals surface area contributed by atoms with Crippen LogP contribution >= 0.6 is 15.9 Å². The van der Waals surface area contributed by atoms with E-state index in [2.05, 4.69) is 30.9 Å². The largest absolute Gasteiger partial charge is 0.610 e. The van der Waals surface area contributed by atoms with E-state index in [0.29, 0.717) is 27.0 Å². The van der Waals surface area contributed by atoms with E-state index in [9.17, 15) is 17.7 Å². The first-order valence-corrected chi connectivity index (χ1v) is 9.27. The lowest BCUT2D eigenvalue weighted by Gasteiger charge is -2.10. The fourth-order valence-electron chi connectivity index (χ4n) is 2.44. The van der Waals surface area contributed by atoms with E-state index in [0.717, 1.165) is 12.3 Å². The first-order valence-electron chi connectivity index (χ1n) is 7.15. The first kappa shape index (κ1) is 18.2. The van der Waals surface area contributed by atoms with Gasteiger partial charge in [0.15, 0.2) is 21.9 Å². The predicted octanol–water partition coefficient (Wildman–Crippen LogP) is 3.28. The highest BCUT2D eigenvalue weighted by Gasteiger charge is 2.33. The van der Waals surface area contributed by atoms with E-state index in [4.69, 9.17) is 0 Å². The summed E-state index contributed by atoms with van der Waals surface area (Å²) in [7, 11) is 3.33. The minimum absolute atomic E-state index is 0.0994. The summed E-state index contributed by atoms with van der Waals surface area (Å²) in [4.78, 5) is 12.5. The summed E-state index contributed by atoms with van der Waals surface area (Å²) in [5, 5.41) is 0.448. The quantitative estimate of drug-likeness (QED) is 0.591. The van der Waals surface area contributed by atoms with Gasteiger partial charge in [0.05, 0.1) is 5.56 Å². The average Bonchev–Trinajstić information content (AvgIpc) is 3.03. The van der Waals surface area contributed by atoms with E-state index >= 15 is 0 Å². The Kier molecular flexibility index (Phi) is 4.58. The van der Waals surface area contributed by atoms with E-state index < -0.39 is 22.9 Å². The fraction of sp³-hybridized carbons (Fsp3) is 0.357. The number of pyridine rings is 1. The molecule has 0 bridgehead atoms. The molecule has 3 aromatic heterocycles. The van der Waals surface area contributed by atoms with Gasteiger partial charge in [0.2, 0.25) is 0 Å². The van der Waals surface area contributed by atoms with Gasteiger partial charge in [-0.05, 0) is 28.9 Å². The van der Waals surface area contributed by atoms with E-state index in [-0.39, 0.29) is 11.2 Å². The van der Waals surface area contributed by atoms with Crippen molar-refractivity contribution in [2.45, 2.75) is 18.1 Å². The van der Waals surface area contributed by atoms with E-state index in [1.165, 1.54) is 0 Å². The van der Waals surface area contributed by atoms with Crippen LogP contribution in [0.1, 0.15) is 12.5 Å². The van der Waals surface area contributed by atoms with Crippen molar-refractivity contribution in [3.8, 4) is 11.5 Å². The molecule has 0 spiro atoms. The Morgan fingerprint density at radius 3 is 2.52 bits per heavy atom. The predicted molar refractivity (Wildman–Crippen MR) is 90.4 cm³/mol. The summed E-state index contributed by atoms with van der Waals surface area (Å²) in [5.41, 5.74) is -0.131. The smallest absolute Gasteiger partial charge is 0.417 e. The SMILES string of the molecule is CC[S+]([O-])c1c(-c2nc3cc(C(F)(F)F)cnc3n2C)nc(Br)n1C. The minimum Gasteiger partial charge on any atom is -0.610 e. The van der Waals surface area contributed by atoms with Crippen molar-refractivity contribution in [3.63, 3.8) is 0 Å². The van der Waals surface area contributed by atoms with Gasteiger partial charge in [-0.25, -0.2) is 15.0 Å². The molecule has 0 radical (unpaired) electrons. The molecule has 3 heterocycles. The maximum Gasteiger partial charge on any atom is 0.417 e. The summed E-state index contributed by atoms with van der Waals surface area (Å²) < 4.78 is 54.7. The second kappa shape index (κ2) is 6.29. The zero-order chi connectivity index (χ0) is 18.5. The molecule has 0 N–H and O–H groups in total. The van der Waals surface area contributed by atoms with Crippen LogP contribution in [0.25, 0.3) is 22.7 Å². The molecule has 0 aliphatic rings. The molecule has 1 unspecified atom stereocenters. The van der Waals surface area contributed by atoms with Crippen molar-refractivity contribution in [2.24, 2.45) is 14.1 Å². The summed E-state index contributed by atoms with van der Waals surface area (Å²) in [5.74, 6) is 0.680. The minimum atomic E-state index is -4.50. The average molecular weight is 436 g/mol. The number of fused-ring (bicyclic) bond motifs is 1. The fourth-order valence-corrected chi connectivity index (χ4v) is 3.93. The summed E-state index contributed by atoms with van der Waals surface area (Å²) >= 11 is 1.96. The molecule has 0 aromatic carbocycles. The molecule has 3 aromatic rings. The van der Waals surface area contributed by atoms with Gasteiger partial charge in [-0.2, -0.15) is 13.2 Å². The molecule has 0 aliphatic carbocycles. The van der Waals surface area contributed by atoms with Crippen LogP contribution in [0.2, 0.25) is 0 Å². The van der Waals surface area contributed by atoms with Crippen molar-refractivity contribution >= 4 is 38.3 Å². The molecule has 0 saturated carbocycles. The number of nitrogens with zero attached hydrogens (tertiary/aromatic N) is 5. The Labute approximate surface area is 152 Å². The van der Waals surface area contributed by atoms with Gasteiger partial charge in [0.1, 0.15) is 11.3 Å². The third-order valence-corrected chi connectivity index (χ3v) is 5.85. The van der Waals surface area contributed by atoms with Crippen LogP contribution in [0.5, 0.6) is 0 Å². The Morgan fingerprint density at radius 2 is 1.92 bits per heavy atom. The number of aryl methyl sites for hydroxylation is 1. The van der Waals surface area contributed by atoms with Crippen molar-refractivity contribution < 1.29 is 17.7 Å². The lowest BCUT2D eigenvalue weighted by atomic mass is 10.2. The molecule has 0 amide bonds. The second-order valence-electron chi connectivity index (χ2n) is 5.29. The van der Waals surface area contributed by atoms with Crippen LogP contribution in [0.4, 0.5) is 13.2 Å². The third-order valence-electron chi connectivity index (χ3n) is 3.71. The monoisotopic (exact) mass is 435 g/mol. The number of hydrogen-bond acceptors (Lipinski definition) is 4. The Balaban J connectivity index is 2.24. The van der Waals surface area contributed by atoms with Crippen molar-refractivity contribution in [1.82, 2.24) is 24.1 Å². The zero-order valence-corrected chi connectivity index (χ0v) is 15.8. The van der Waals surface area contributed by atoms with Gasteiger partial charge < -0.3 is 9.12 Å². The van der Waals surface area contributed by atoms with Crippen LogP contribution in [0.15, 0.2) is 22.0 Å². The van der Waals surface area contributed by atoms with Crippen molar-refractivity contribution in [1.29, 1.82) is 0 Å². The second-order valence-corrected chi connectivity index (χ2v) is 7.65. The molecule has 0 fully saturated rings. The maximum absolute atomic E-state index is 12.9. The lowest BCUT2D eigenvalue weighted by molar-refractivity contribution is -0.137. The zero-order valence-electron chi connectivity index (χ0n) is 13.4. The highest BCUT2D eigenvalue weighted by molar-refractivity contribution is 9.10. The normalized spacial score (nSPS) is 13.6. The van der Waals surface area contributed by atoms with E-state index in [1.54, 1.807) is 30.2 Å². The third kappa shape index (κ3) is 3.04. The Hall–Kier alpha value is -1.59. The van der Waals surface area contributed by atoms with Gasteiger partial charge in [0.25, 0.3) is 5.03 Å². The molecule has 3 rings (SSSR count). The summed E-state index contributed by atoms with van der Waals surface area (Å²) in [6.07, 6.45) is -3.73. The van der Waals surface area contributed by atoms with Crippen molar-refractivity contribution in [2.75, 3.05) is 5.75 Å². The topological polar surface area (TPSA) is 71.6 Å². The molecule has 11 heteroatoms. The summed E-state index contributed by atoms with van der Waals surface area (Å²) in [6, 6.07) is 0.945. The maximum atomic E-state index is 12.9. The van der Waals surface area contributed by atoms with Gasteiger partial charge in [0, 0.05) is 31.5 Å². The molecule has 25 heavy (non-hydrogen) atoms. The number of imidazole rings is 2. The highest BCUT2D eigenvalue weighted by atomic mass is 79.9. The Bertz CT molecular complexity index is 952. The number of halogens is 4. The number of alkyl halides is 3. The van der Waals surface area contributed by atoms with Crippen LogP contribution < -0.4 is 0 Å². The van der Waals surface area contributed by atoms with Gasteiger partial charge in [-0.15, -0.1) is 0 Å².